The Morgan fingerprint density at radius 3 is 2.63 bits per heavy atom. The molecule has 3 aromatic heterocycles. The molecule has 0 bridgehead atoms. The predicted molar refractivity (Wildman–Crippen MR) is 120 cm³/mol. The minimum Gasteiger partial charge on any atom is -0.367 e. The average Bonchev–Trinajstić information content (AvgIpc) is 3.08. The summed E-state index contributed by atoms with van der Waals surface area (Å²) >= 11 is 0. The number of rotatable bonds is 3. The summed E-state index contributed by atoms with van der Waals surface area (Å²) in [4.78, 5) is 46.3. The predicted octanol–water partition coefficient (Wildman–Crippen LogP) is 2.06. The Balaban J connectivity index is 1.47. The maximum absolute atomic E-state index is 15.1. The van der Waals surface area contributed by atoms with Crippen LogP contribution in [0.25, 0.3) is 11.2 Å². The second-order valence-electron chi connectivity index (χ2n) is 8.47. The standard InChI is InChI=1S/C21H23F4N7O3/c1-29-9-11(21(23,24)25)6-14(18(29)33)27-19(34)30(2)15-4-5-32(10-13(15)22)12-7-16-17(26-8-12)28-20(35)31(16)3/h6-9,13,15H,4-5,10H2,1-3H3,(H,27,34)(H,26,28,35). The zero-order valence-electron chi connectivity index (χ0n) is 19.1. The van der Waals surface area contributed by atoms with E-state index in [9.17, 15) is 27.6 Å². The molecule has 1 saturated heterocycles. The van der Waals surface area contributed by atoms with Gasteiger partial charge in [0.1, 0.15) is 11.9 Å². The molecular weight excluding hydrogens is 474 g/mol. The van der Waals surface area contributed by atoms with Gasteiger partial charge in [-0.25, -0.2) is 19.0 Å². The number of carbonyl (C=O) groups is 1. The number of piperidine rings is 1. The maximum atomic E-state index is 15.1. The van der Waals surface area contributed by atoms with Gasteiger partial charge >= 0.3 is 17.9 Å². The number of imidazole rings is 1. The van der Waals surface area contributed by atoms with Gasteiger partial charge in [0.25, 0.3) is 5.56 Å². The summed E-state index contributed by atoms with van der Waals surface area (Å²) in [6.07, 6.45) is -3.83. The molecule has 1 fully saturated rings. The first kappa shape index (κ1) is 24.3. The number of fused-ring (bicyclic) bond motifs is 1. The van der Waals surface area contributed by atoms with Crippen LogP contribution in [0.2, 0.25) is 0 Å². The fourth-order valence-electron chi connectivity index (χ4n) is 4.14. The normalized spacial score (nSPS) is 18.7. The molecule has 2 N–H and O–H groups in total. The third-order valence-corrected chi connectivity index (χ3v) is 6.19. The summed E-state index contributed by atoms with van der Waals surface area (Å²) in [5, 5.41) is 2.18. The fraction of sp³-hybridized carbons (Fsp3) is 0.429. The van der Waals surface area contributed by atoms with Crippen molar-refractivity contribution >= 4 is 28.6 Å². The number of urea groups is 1. The monoisotopic (exact) mass is 497 g/mol. The van der Waals surface area contributed by atoms with Gasteiger partial charge in [0, 0.05) is 33.9 Å². The van der Waals surface area contributed by atoms with Crippen LogP contribution in [0.15, 0.2) is 34.1 Å². The van der Waals surface area contributed by atoms with Gasteiger partial charge in [-0.3, -0.25) is 14.3 Å². The van der Waals surface area contributed by atoms with Crippen LogP contribution in [0, 0.1) is 0 Å². The van der Waals surface area contributed by atoms with Gasteiger partial charge in [0.15, 0.2) is 5.65 Å². The van der Waals surface area contributed by atoms with E-state index in [-0.39, 0.29) is 18.7 Å². The zero-order valence-corrected chi connectivity index (χ0v) is 19.1. The van der Waals surface area contributed by atoms with Crippen molar-refractivity contribution in [3.63, 3.8) is 0 Å². The Hall–Kier alpha value is -3.84. The van der Waals surface area contributed by atoms with E-state index in [1.807, 2.05) is 0 Å². The molecular formula is C21H23F4N7O3. The molecule has 0 saturated carbocycles. The third-order valence-electron chi connectivity index (χ3n) is 6.19. The molecule has 0 aliphatic carbocycles. The number of nitrogens with one attached hydrogen (secondary N) is 2. The molecule has 1 aliphatic rings. The van der Waals surface area contributed by atoms with E-state index in [1.54, 1.807) is 18.0 Å². The van der Waals surface area contributed by atoms with Crippen molar-refractivity contribution in [3.05, 3.63) is 50.9 Å². The smallest absolute Gasteiger partial charge is 0.367 e. The molecule has 2 amide bonds. The number of aryl methyl sites for hydroxylation is 2. The van der Waals surface area contributed by atoms with Gasteiger partial charge in [-0.05, 0) is 18.6 Å². The van der Waals surface area contributed by atoms with Crippen molar-refractivity contribution in [1.29, 1.82) is 0 Å². The van der Waals surface area contributed by atoms with Crippen molar-refractivity contribution in [2.75, 3.05) is 30.4 Å². The SMILES string of the molecule is CN(C(=O)Nc1cc(C(F)(F)F)cn(C)c1=O)C1CCN(c2cnc3[nH]c(=O)n(C)c3c2)CC1F. The van der Waals surface area contributed by atoms with Crippen LogP contribution in [-0.2, 0) is 20.3 Å². The first-order valence-corrected chi connectivity index (χ1v) is 10.6. The van der Waals surface area contributed by atoms with Crippen LogP contribution >= 0.6 is 0 Å². The van der Waals surface area contributed by atoms with Crippen LogP contribution in [0.4, 0.5) is 33.7 Å². The molecule has 0 aromatic carbocycles. The van der Waals surface area contributed by atoms with Crippen molar-refractivity contribution < 1.29 is 22.4 Å². The minimum absolute atomic E-state index is 0.0703. The van der Waals surface area contributed by atoms with Gasteiger partial charge in [0.2, 0.25) is 0 Å². The lowest BCUT2D eigenvalue weighted by molar-refractivity contribution is -0.138. The van der Waals surface area contributed by atoms with Crippen LogP contribution in [0.1, 0.15) is 12.0 Å². The topological polar surface area (TPSA) is 108 Å². The summed E-state index contributed by atoms with van der Waals surface area (Å²) < 4.78 is 56.5. The molecule has 10 nitrogen and oxygen atoms in total. The van der Waals surface area contributed by atoms with E-state index < -0.39 is 41.2 Å². The summed E-state index contributed by atoms with van der Waals surface area (Å²) in [6, 6.07) is 0.510. The number of H-pyrrole nitrogens is 1. The quantitative estimate of drug-likeness (QED) is 0.539. The number of carbonyl (C=O) groups excluding carboxylic acids is 1. The lowest BCUT2D eigenvalue weighted by atomic mass is 10.0. The molecule has 14 heteroatoms. The Morgan fingerprint density at radius 2 is 1.97 bits per heavy atom. The number of pyridine rings is 2. The Morgan fingerprint density at radius 1 is 1.26 bits per heavy atom. The lowest BCUT2D eigenvalue weighted by Gasteiger charge is -2.39. The highest BCUT2D eigenvalue weighted by molar-refractivity contribution is 5.89. The highest BCUT2D eigenvalue weighted by Crippen LogP contribution is 2.30. The van der Waals surface area contributed by atoms with Crippen LogP contribution in [-0.4, -0.2) is 62.4 Å². The van der Waals surface area contributed by atoms with Crippen molar-refractivity contribution in [2.45, 2.75) is 24.8 Å². The summed E-state index contributed by atoms with van der Waals surface area (Å²) in [7, 11) is 4.05. The second kappa shape index (κ2) is 8.74. The molecule has 2 atom stereocenters. The molecule has 4 rings (SSSR count). The van der Waals surface area contributed by atoms with E-state index in [0.717, 1.165) is 16.5 Å². The second-order valence-corrected chi connectivity index (χ2v) is 8.47. The molecule has 188 valence electrons. The first-order valence-electron chi connectivity index (χ1n) is 10.6. The van der Waals surface area contributed by atoms with Gasteiger partial charge in [-0.1, -0.05) is 0 Å². The number of anilines is 2. The Kier molecular flexibility index (Phi) is 6.07. The summed E-state index contributed by atoms with van der Waals surface area (Å²) in [6.45, 7) is 0.290. The number of aromatic nitrogens is 4. The molecule has 4 heterocycles. The maximum Gasteiger partial charge on any atom is 0.417 e. The van der Waals surface area contributed by atoms with E-state index in [2.05, 4.69) is 15.3 Å². The van der Waals surface area contributed by atoms with Gasteiger partial charge < -0.3 is 19.7 Å². The number of nitrogens with zero attached hydrogens (tertiary/aromatic N) is 5. The number of alkyl halides is 4. The van der Waals surface area contributed by atoms with Crippen LogP contribution in [0.5, 0.6) is 0 Å². The Labute approximate surface area is 195 Å². The largest absolute Gasteiger partial charge is 0.417 e. The van der Waals surface area contributed by atoms with E-state index >= 15 is 4.39 Å². The molecule has 35 heavy (non-hydrogen) atoms. The average molecular weight is 497 g/mol. The number of halogens is 4. The molecule has 0 radical (unpaired) electrons. The van der Waals surface area contributed by atoms with E-state index in [0.29, 0.717) is 35.7 Å². The third kappa shape index (κ3) is 4.59. The first-order chi connectivity index (χ1) is 16.4. The fourth-order valence-corrected chi connectivity index (χ4v) is 4.14. The summed E-state index contributed by atoms with van der Waals surface area (Å²) in [5.41, 5.74) is -1.23. The van der Waals surface area contributed by atoms with E-state index in [4.69, 9.17) is 0 Å². The number of amides is 2. The highest BCUT2D eigenvalue weighted by Gasteiger charge is 2.36. The van der Waals surface area contributed by atoms with Crippen molar-refractivity contribution in [3.8, 4) is 0 Å². The van der Waals surface area contributed by atoms with E-state index in [1.165, 1.54) is 17.8 Å². The highest BCUT2D eigenvalue weighted by atomic mass is 19.4. The molecule has 0 spiro atoms. The lowest BCUT2D eigenvalue weighted by Crippen LogP contribution is -2.54. The van der Waals surface area contributed by atoms with Gasteiger partial charge in [-0.2, -0.15) is 13.2 Å². The van der Waals surface area contributed by atoms with Crippen LogP contribution < -0.4 is 21.5 Å². The molecule has 1 aliphatic heterocycles. The number of hydrogen-bond acceptors (Lipinski definition) is 5. The Bertz CT molecular complexity index is 1390. The molecule has 3 aromatic rings. The van der Waals surface area contributed by atoms with Crippen molar-refractivity contribution in [2.24, 2.45) is 14.1 Å². The van der Waals surface area contributed by atoms with Gasteiger partial charge in [-0.15, -0.1) is 0 Å². The van der Waals surface area contributed by atoms with Gasteiger partial charge in [0.05, 0.1) is 35.6 Å². The minimum atomic E-state index is -4.71. The zero-order chi connectivity index (χ0) is 25.7. The summed E-state index contributed by atoms with van der Waals surface area (Å²) in [5.74, 6) is 0. The van der Waals surface area contributed by atoms with Crippen molar-refractivity contribution in [1.82, 2.24) is 24.0 Å². The number of hydrogen-bond donors (Lipinski definition) is 2. The number of aromatic amines is 1. The van der Waals surface area contributed by atoms with Crippen LogP contribution in [0.3, 0.4) is 0 Å². The molecule has 2 unspecified atom stereocenters.